The molecule has 0 bridgehead atoms. The van der Waals surface area contributed by atoms with Crippen LogP contribution in [-0.2, 0) is 0 Å². The highest BCUT2D eigenvalue weighted by molar-refractivity contribution is 5.47. The summed E-state index contributed by atoms with van der Waals surface area (Å²) in [6.45, 7) is 6.48. The van der Waals surface area contributed by atoms with Gasteiger partial charge in [0.2, 0.25) is 0 Å². The Morgan fingerprint density at radius 3 is 2.78 bits per heavy atom. The number of piperidine rings is 1. The smallest absolute Gasteiger partial charge is 0.131 e. The van der Waals surface area contributed by atoms with Crippen molar-refractivity contribution >= 4 is 11.6 Å². The van der Waals surface area contributed by atoms with Gasteiger partial charge in [-0.25, -0.2) is 9.97 Å². The molecule has 1 atom stereocenters. The maximum atomic E-state index is 4.28. The van der Waals surface area contributed by atoms with Crippen molar-refractivity contribution in [3.63, 3.8) is 0 Å². The fourth-order valence-corrected chi connectivity index (χ4v) is 2.05. The van der Waals surface area contributed by atoms with E-state index in [1.54, 1.807) is 6.33 Å². The molecule has 0 aromatic carbocycles. The van der Waals surface area contributed by atoms with Crippen molar-refractivity contribution in [2.75, 3.05) is 23.7 Å². The second kappa shape index (κ2) is 6.54. The monoisotopic (exact) mass is 249 g/mol. The lowest BCUT2D eigenvalue weighted by Gasteiger charge is -2.24. The Labute approximate surface area is 109 Å². The third kappa shape index (κ3) is 3.84. The summed E-state index contributed by atoms with van der Waals surface area (Å²) in [6.07, 6.45) is 5.01. The van der Waals surface area contributed by atoms with Crippen LogP contribution < -0.4 is 16.0 Å². The van der Waals surface area contributed by atoms with Gasteiger partial charge in [-0.2, -0.15) is 0 Å². The van der Waals surface area contributed by atoms with Crippen LogP contribution in [0.2, 0.25) is 0 Å². The molecule has 0 amide bonds. The molecule has 5 heteroatoms. The quantitative estimate of drug-likeness (QED) is 0.743. The lowest BCUT2D eigenvalue weighted by molar-refractivity contribution is 0.478. The van der Waals surface area contributed by atoms with E-state index in [2.05, 4.69) is 39.8 Å². The average molecular weight is 249 g/mol. The van der Waals surface area contributed by atoms with Gasteiger partial charge < -0.3 is 16.0 Å². The molecule has 1 fully saturated rings. The van der Waals surface area contributed by atoms with E-state index in [1.165, 1.54) is 0 Å². The van der Waals surface area contributed by atoms with E-state index in [-0.39, 0.29) is 0 Å². The SMILES string of the molecule is CCC(C)Nc1cc(NC2CCNCC2)ncn1. The van der Waals surface area contributed by atoms with Crippen LogP contribution >= 0.6 is 0 Å². The van der Waals surface area contributed by atoms with Crippen molar-refractivity contribution in [3.05, 3.63) is 12.4 Å². The number of rotatable bonds is 5. The van der Waals surface area contributed by atoms with Crippen molar-refractivity contribution in [1.29, 1.82) is 0 Å². The van der Waals surface area contributed by atoms with E-state index in [4.69, 9.17) is 0 Å². The van der Waals surface area contributed by atoms with Crippen LogP contribution in [0, 0.1) is 0 Å². The van der Waals surface area contributed by atoms with Crippen LogP contribution in [-0.4, -0.2) is 35.1 Å². The summed E-state index contributed by atoms with van der Waals surface area (Å²) in [7, 11) is 0. The molecule has 1 aromatic rings. The lowest BCUT2D eigenvalue weighted by Crippen LogP contribution is -2.35. The maximum Gasteiger partial charge on any atom is 0.131 e. The van der Waals surface area contributed by atoms with E-state index in [1.807, 2.05) is 6.07 Å². The van der Waals surface area contributed by atoms with Gasteiger partial charge in [0.25, 0.3) is 0 Å². The Morgan fingerprint density at radius 1 is 1.33 bits per heavy atom. The molecular weight excluding hydrogens is 226 g/mol. The molecule has 2 heterocycles. The van der Waals surface area contributed by atoms with E-state index in [9.17, 15) is 0 Å². The predicted molar refractivity (Wildman–Crippen MR) is 74.9 cm³/mol. The molecule has 1 aliphatic heterocycles. The summed E-state index contributed by atoms with van der Waals surface area (Å²) >= 11 is 0. The van der Waals surface area contributed by atoms with Gasteiger partial charge in [-0.3, -0.25) is 0 Å². The standard InChI is InChI=1S/C13H23N5/c1-3-10(2)17-12-8-13(16-9-15-12)18-11-4-6-14-7-5-11/h8-11,14H,3-7H2,1-2H3,(H2,15,16,17,18). The van der Waals surface area contributed by atoms with Gasteiger partial charge in [0.1, 0.15) is 18.0 Å². The van der Waals surface area contributed by atoms with Crippen LogP contribution in [0.1, 0.15) is 33.1 Å². The maximum absolute atomic E-state index is 4.28. The molecule has 3 N–H and O–H groups in total. The van der Waals surface area contributed by atoms with Crippen molar-refractivity contribution in [3.8, 4) is 0 Å². The van der Waals surface area contributed by atoms with Crippen molar-refractivity contribution in [2.24, 2.45) is 0 Å². The van der Waals surface area contributed by atoms with E-state index in [0.29, 0.717) is 12.1 Å². The first-order valence-corrected chi connectivity index (χ1v) is 6.83. The van der Waals surface area contributed by atoms with Crippen LogP contribution in [0.4, 0.5) is 11.6 Å². The first-order chi connectivity index (χ1) is 8.78. The highest BCUT2D eigenvalue weighted by Gasteiger charge is 2.13. The normalized spacial score (nSPS) is 18.3. The lowest BCUT2D eigenvalue weighted by atomic mass is 10.1. The zero-order chi connectivity index (χ0) is 12.8. The Hall–Kier alpha value is -1.36. The molecule has 1 saturated heterocycles. The molecule has 0 saturated carbocycles. The highest BCUT2D eigenvalue weighted by Crippen LogP contribution is 2.14. The number of hydrogen-bond acceptors (Lipinski definition) is 5. The number of nitrogens with zero attached hydrogens (tertiary/aromatic N) is 2. The molecular formula is C13H23N5. The van der Waals surface area contributed by atoms with E-state index >= 15 is 0 Å². The molecule has 2 rings (SSSR count). The summed E-state index contributed by atoms with van der Waals surface area (Å²) in [6, 6.07) is 2.96. The van der Waals surface area contributed by atoms with Crippen molar-refractivity contribution in [1.82, 2.24) is 15.3 Å². The average Bonchev–Trinajstić information content (AvgIpc) is 2.40. The van der Waals surface area contributed by atoms with E-state index < -0.39 is 0 Å². The number of aromatic nitrogens is 2. The van der Waals surface area contributed by atoms with E-state index in [0.717, 1.165) is 44.0 Å². The fourth-order valence-electron chi connectivity index (χ4n) is 2.05. The van der Waals surface area contributed by atoms with Crippen molar-refractivity contribution < 1.29 is 0 Å². The third-order valence-corrected chi connectivity index (χ3v) is 3.36. The molecule has 1 aliphatic rings. The highest BCUT2D eigenvalue weighted by atomic mass is 15.1. The second-order valence-electron chi connectivity index (χ2n) is 4.91. The molecule has 5 nitrogen and oxygen atoms in total. The molecule has 0 spiro atoms. The Morgan fingerprint density at radius 2 is 2.06 bits per heavy atom. The summed E-state index contributed by atoms with van der Waals surface area (Å²) in [5.41, 5.74) is 0. The Balaban J connectivity index is 1.93. The van der Waals surface area contributed by atoms with Gasteiger partial charge in [-0.1, -0.05) is 6.92 Å². The fraction of sp³-hybridized carbons (Fsp3) is 0.692. The first-order valence-electron chi connectivity index (χ1n) is 6.83. The Bertz CT molecular complexity index is 362. The van der Waals surface area contributed by atoms with Gasteiger partial charge in [-0.15, -0.1) is 0 Å². The first kappa shape index (κ1) is 13.1. The van der Waals surface area contributed by atoms with Gasteiger partial charge in [0, 0.05) is 18.2 Å². The number of anilines is 2. The van der Waals surface area contributed by atoms with Gasteiger partial charge in [0.05, 0.1) is 0 Å². The zero-order valence-electron chi connectivity index (χ0n) is 11.2. The topological polar surface area (TPSA) is 61.9 Å². The minimum absolute atomic E-state index is 0.437. The molecule has 0 aliphatic carbocycles. The molecule has 1 aromatic heterocycles. The third-order valence-electron chi connectivity index (χ3n) is 3.36. The van der Waals surface area contributed by atoms with Crippen LogP contribution in [0.25, 0.3) is 0 Å². The molecule has 1 unspecified atom stereocenters. The summed E-state index contributed by atoms with van der Waals surface area (Å²) in [5.74, 6) is 1.82. The van der Waals surface area contributed by atoms with Crippen LogP contribution in [0.3, 0.4) is 0 Å². The second-order valence-corrected chi connectivity index (χ2v) is 4.91. The largest absolute Gasteiger partial charge is 0.367 e. The van der Waals surface area contributed by atoms with Gasteiger partial charge in [-0.05, 0) is 39.3 Å². The summed E-state index contributed by atoms with van der Waals surface area (Å²) in [5, 5.41) is 10.2. The van der Waals surface area contributed by atoms with Crippen molar-refractivity contribution in [2.45, 2.75) is 45.2 Å². The predicted octanol–water partition coefficient (Wildman–Crippen LogP) is 1.85. The Kier molecular flexibility index (Phi) is 4.75. The van der Waals surface area contributed by atoms with Gasteiger partial charge >= 0.3 is 0 Å². The van der Waals surface area contributed by atoms with Crippen LogP contribution in [0.15, 0.2) is 12.4 Å². The van der Waals surface area contributed by atoms with Crippen LogP contribution in [0.5, 0.6) is 0 Å². The minimum atomic E-state index is 0.437. The number of hydrogen-bond donors (Lipinski definition) is 3. The molecule has 100 valence electrons. The zero-order valence-corrected chi connectivity index (χ0v) is 11.2. The van der Waals surface area contributed by atoms with Gasteiger partial charge in [0.15, 0.2) is 0 Å². The molecule has 18 heavy (non-hydrogen) atoms. The summed E-state index contributed by atoms with van der Waals surface area (Å²) < 4.78 is 0. The summed E-state index contributed by atoms with van der Waals surface area (Å²) in [4.78, 5) is 8.53. The molecule has 0 radical (unpaired) electrons. The number of nitrogens with one attached hydrogen (secondary N) is 3. The minimum Gasteiger partial charge on any atom is -0.367 e.